The zero-order valence-electron chi connectivity index (χ0n) is 19.7. The van der Waals surface area contributed by atoms with Crippen LogP contribution in [0.5, 0.6) is 11.5 Å². The number of benzene rings is 2. The number of thioether (sulfide) groups is 1. The van der Waals surface area contributed by atoms with Crippen molar-refractivity contribution in [3.8, 4) is 11.5 Å². The van der Waals surface area contributed by atoms with Gasteiger partial charge in [-0.3, -0.25) is 14.5 Å². The average molecular weight is 500 g/mol. The molecule has 1 aliphatic heterocycles. The van der Waals surface area contributed by atoms with E-state index < -0.39 is 0 Å². The quantitative estimate of drug-likeness (QED) is 0.175. The third kappa shape index (κ3) is 6.84. The van der Waals surface area contributed by atoms with Gasteiger partial charge in [0, 0.05) is 13.0 Å². The monoisotopic (exact) mass is 499 g/mol. The van der Waals surface area contributed by atoms with E-state index in [9.17, 15) is 9.59 Å². The molecule has 1 saturated heterocycles. The molecule has 2 aromatic carbocycles. The van der Waals surface area contributed by atoms with E-state index in [0.717, 1.165) is 30.4 Å². The van der Waals surface area contributed by atoms with E-state index in [1.165, 1.54) is 24.4 Å². The molecule has 0 unspecified atom stereocenters. The summed E-state index contributed by atoms with van der Waals surface area (Å²) in [5.41, 5.74) is 3.12. The Morgan fingerprint density at radius 3 is 2.62 bits per heavy atom. The number of aryl methyl sites for hydroxylation is 1. The fourth-order valence-corrected chi connectivity index (χ4v) is 4.79. The number of amides is 1. The molecule has 8 heteroatoms. The lowest BCUT2D eigenvalue weighted by atomic mass is 10.1. The standard InChI is InChI=1S/C26H29NO5S2/c1-18-9-6-7-10-20(18)17-32-21-13-12-19(15-22(21)30-2)16-23-25(29)27(26(33)34-23)14-8-4-5-11-24(28)31-3/h6-7,9-10,12-13,15-16H,4-5,8,11,14,17H2,1-3H3/b23-16-. The number of hydrogen-bond donors (Lipinski definition) is 0. The maximum absolute atomic E-state index is 12.9. The minimum atomic E-state index is -0.212. The lowest BCUT2D eigenvalue weighted by Crippen LogP contribution is -2.29. The summed E-state index contributed by atoms with van der Waals surface area (Å²) in [4.78, 5) is 26.3. The van der Waals surface area contributed by atoms with Gasteiger partial charge in [0.1, 0.15) is 10.9 Å². The van der Waals surface area contributed by atoms with Crippen molar-refractivity contribution >= 4 is 46.3 Å². The second-order valence-electron chi connectivity index (χ2n) is 7.85. The van der Waals surface area contributed by atoms with Gasteiger partial charge in [-0.15, -0.1) is 0 Å². The van der Waals surface area contributed by atoms with Gasteiger partial charge < -0.3 is 14.2 Å². The van der Waals surface area contributed by atoms with Crippen LogP contribution in [-0.4, -0.2) is 41.9 Å². The maximum atomic E-state index is 12.9. The number of carbonyl (C=O) groups is 2. The normalized spacial score (nSPS) is 14.6. The molecule has 0 aromatic heterocycles. The molecule has 1 aliphatic rings. The molecule has 1 fully saturated rings. The summed E-state index contributed by atoms with van der Waals surface area (Å²) in [6.45, 7) is 3.04. The van der Waals surface area contributed by atoms with Crippen LogP contribution in [0.15, 0.2) is 47.4 Å². The molecule has 0 saturated carbocycles. The van der Waals surface area contributed by atoms with Crippen LogP contribution in [-0.2, 0) is 20.9 Å². The van der Waals surface area contributed by atoms with E-state index in [4.69, 9.17) is 21.7 Å². The third-order valence-electron chi connectivity index (χ3n) is 5.49. The van der Waals surface area contributed by atoms with E-state index in [2.05, 4.69) is 17.7 Å². The first kappa shape index (κ1) is 25.8. The van der Waals surface area contributed by atoms with Crippen LogP contribution >= 0.6 is 24.0 Å². The fraction of sp³-hybridized carbons (Fsp3) is 0.346. The van der Waals surface area contributed by atoms with Gasteiger partial charge in [0.2, 0.25) is 0 Å². The molecule has 0 radical (unpaired) electrons. The maximum Gasteiger partial charge on any atom is 0.305 e. The average Bonchev–Trinajstić information content (AvgIpc) is 3.10. The number of esters is 1. The molecule has 0 bridgehead atoms. The van der Waals surface area contributed by atoms with Gasteiger partial charge >= 0.3 is 5.97 Å². The molecular weight excluding hydrogens is 470 g/mol. The fourth-order valence-electron chi connectivity index (χ4n) is 3.48. The lowest BCUT2D eigenvalue weighted by molar-refractivity contribution is -0.140. The van der Waals surface area contributed by atoms with Gasteiger partial charge in [-0.25, -0.2) is 0 Å². The predicted molar refractivity (Wildman–Crippen MR) is 139 cm³/mol. The Bertz CT molecular complexity index is 1080. The second kappa shape index (κ2) is 12.6. The molecule has 6 nitrogen and oxygen atoms in total. The summed E-state index contributed by atoms with van der Waals surface area (Å²) in [6, 6.07) is 13.7. The van der Waals surface area contributed by atoms with E-state index in [1.54, 1.807) is 12.0 Å². The number of unbranched alkanes of at least 4 members (excludes halogenated alkanes) is 2. The third-order valence-corrected chi connectivity index (χ3v) is 6.87. The molecule has 2 aromatic rings. The number of thiocarbonyl (C=S) groups is 1. The van der Waals surface area contributed by atoms with Crippen LogP contribution in [0.2, 0.25) is 0 Å². The molecule has 0 aliphatic carbocycles. The van der Waals surface area contributed by atoms with Gasteiger partial charge in [0.05, 0.1) is 19.1 Å². The molecule has 1 amide bonds. The number of rotatable bonds is 11. The lowest BCUT2D eigenvalue weighted by Gasteiger charge is -2.14. The van der Waals surface area contributed by atoms with Crippen molar-refractivity contribution in [2.45, 2.75) is 39.2 Å². The van der Waals surface area contributed by atoms with Gasteiger partial charge in [-0.1, -0.05) is 60.7 Å². The highest BCUT2D eigenvalue weighted by Gasteiger charge is 2.31. The van der Waals surface area contributed by atoms with Crippen molar-refractivity contribution in [1.29, 1.82) is 0 Å². The summed E-state index contributed by atoms with van der Waals surface area (Å²) >= 11 is 6.72. The highest BCUT2D eigenvalue weighted by Crippen LogP contribution is 2.35. The molecule has 180 valence electrons. The number of hydrogen-bond acceptors (Lipinski definition) is 7. The first-order chi connectivity index (χ1) is 16.4. The Balaban J connectivity index is 1.61. The van der Waals surface area contributed by atoms with Crippen molar-refractivity contribution in [3.63, 3.8) is 0 Å². The summed E-state index contributed by atoms with van der Waals surface area (Å²) < 4.78 is 16.7. The van der Waals surface area contributed by atoms with Gasteiger partial charge in [-0.05, 0) is 54.7 Å². The number of methoxy groups -OCH3 is 2. The summed E-state index contributed by atoms with van der Waals surface area (Å²) in [5, 5.41) is 0. The van der Waals surface area contributed by atoms with Gasteiger partial charge in [0.15, 0.2) is 11.5 Å². The Labute approximate surface area is 210 Å². The smallest absolute Gasteiger partial charge is 0.305 e. The minimum absolute atomic E-state index is 0.0955. The van der Waals surface area contributed by atoms with Gasteiger partial charge in [0.25, 0.3) is 5.91 Å². The van der Waals surface area contributed by atoms with Gasteiger partial charge in [-0.2, -0.15) is 0 Å². The molecule has 0 N–H and O–H groups in total. The first-order valence-corrected chi connectivity index (χ1v) is 12.3. The van der Waals surface area contributed by atoms with Crippen molar-refractivity contribution < 1.29 is 23.8 Å². The summed E-state index contributed by atoms with van der Waals surface area (Å²) in [6.07, 6.45) is 4.55. The van der Waals surface area contributed by atoms with E-state index in [0.29, 0.717) is 40.3 Å². The Kier molecular flexibility index (Phi) is 9.53. The Hall–Kier alpha value is -2.84. The largest absolute Gasteiger partial charge is 0.493 e. The zero-order valence-corrected chi connectivity index (χ0v) is 21.3. The Morgan fingerprint density at radius 1 is 1.09 bits per heavy atom. The topological polar surface area (TPSA) is 65.1 Å². The first-order valence-electron chi connectivity index (χ1n) is 11.1. The highest BCUT2D eigenvalue weighted by molar-refractivity contribution is 8.26. The summed E-state index contributed by atoms with van der Waals surface area (Å²) in [5.74, 6) is 0.934. The van der Waals surface area contributed by atoms with Crippen molar-refractivity contribution in [1.82, 2.24) is 4.90 Å². The number of ether oxygens (including phenoxy) is 3. The second-order valence-corrected chi connectivity index (χ2v) is 9.52. The number of nitrogens with zero attached hydrogens (tertiary/aromatic N) is 1. The van der Waals surface area contributed by atoms with E-state index in [-0.39, 0.29) is 11.9 Å². The van der Waals surface area contributed by atoms with E-state index in [1.807, 2.05) is 42.5 Å². The summed E-state index contributed by atoms with van der Waals surface area (Å²) in [7, 11) is 2.98. The van der Waals surface area contributed by atoms with Crippen molar-refractivity contribution in [2.75, 3.05) is 20.8 Å². The SMILES string of the molecule is COC(=O)CCCCCN1C(=O)/C(=C/c2ccc(OCc3ccccc3C)c(OC)c2)SC1=S. The zero-order chi connectivity index (χ0) is 24.5. The van der Waals surface area contributed by atoms with Crippen LogP contribution < -0.4 is 9.47 Å². The van der Waals surface area contributed by atoms with E-state index >= 15 is 0 Å². The van der Waals surface area contributed by atoms with Crippen LogP contribution in [0.4, 0.5) is 0 Å². The minimum Gasteiger partial charge on any atom is -0.493 e. The molecule has 3 rings (SSSR count). The molecule has 0 atom stereocenters. The van der Waals surface area contributed by atoms with Crippen LogP contribution in [0.25, 0.3) is 6.08 Å². The van der Waals surface area contributed by atoms with Crippen molar-refractivity contribution in [3.05, 3.63) is 64.1 Å². The predicted octanol–water partition coefficient (Wildman–Crippen LogP) is 5.52. The van der Waals surface area contributed by atoms with Crippen LogP contribution in [0, 0.1) is 6.92 Å². The van der Waals surface area contributed by atoms with Crippen LogP contribution in [0.1, 0.15) is 42.4 Å². The Morgan fingerprint density at radius 2 is 1.88 bits per heavy atom. The highest BCUT2D eigenvalue weighted by atomic mass is 32.2. The van der Waals surface area contributed by atoms with Crippen molar-refractivity contribution in [2.24, 2.45) is 0 Å². The molecular formula is C26H29NO5S2. The molecule has 34 heavy (non-hydrogen) atoms. The number of carbonyl (C=O) groups excluding carboxylic acids is 2. The van der Waals surface area contributed by atoms with Crippen LogP contribution in [0.3, 0.4) is 0 Å². The molecule has 0 spiro atoms. The molecule has 1 heterocycles.